The van der Waals surface area contributed by atoms with Crippen molar-refractivity contribution < 1.29 is 41.8 Å². The molecule has 46 heavy (non-hydrogen) atoms. The standard InChI is InChI=1S/C23H27FN10O8P2S2/c24-14-17-13(41-22(14)34-9-30-16-20(35)31-23-26-1-2-32(23)21(16)34)6-40-43(36,45)39-5-11-10(4-38-44(37,46)42-17)3-12(11)33-8-29-15-18(25)27-7-28-19(15)33/h1-2,7-14,17,20,22,35H,3-6H2,(H,26,31)(H,36,45)(H,37,46)(H2,25,27,28)/t10-,11-,12-,13-,14-,17-,20?,22-,43?,44?/m1/s1. The average Bonchev–Trinajstić information content (AvgIpc) is 3.78. The normalized spacial score (nSPS) is 37.8. The SMILES string of the molecule is Nc1ncnc2c1ncn2[C@@H]1C[C@@H]2COP(O)(=S)O[C@H]3[C@@H](F)[C@H](n4cnc5c4-n4ccnc4NC5O)O[C@@H]3COP(=O)(S)OC[C@H]21. The monoisotopic (exact) mass is 716 g/mol. The summed E-state index contributed by atoms with van der Waals surface area (Å²) in [6.07, 6.45) is 0.590. The third kappa shape index (κ3) is 5.18. The number of ether oxygens (including phenoxy) is 1. The summed E-state index contributed by atoms with van der Waals surface area (Å²) in [5.74, 6) is 0.290. The number of anilines is 2. The number of nitrogens with two attached hydrogens (primary N) is 1. The topological polar surface area (TPSA) is 221 Å². The smallest absolute Gasteiger partial charge is 0.382 e. The molecule has 4 aromatic heterocycles. The number of hydrogen-bond donors (Lipinski definition) is 5. The fraction of sp³-hybridized carbons (Fsp3) is 0.522. The van der Waals surface area contributed by atoms with E-state index in [1.54, 1.807) is 17.1 Å². The van der Waals surface area contributed by atoms with Crippen molar-refractivity contribution in [3.8, 4) is 5.82 Å². The van der Waals surface area contributed by atoms with Crippen LogP contribution in [0.5, 0.6) is 0 Å². The van der Waals surface area contributed by atoms with Gasteiger partial charge in [0.1, 0.15) is 35.6 Å². The number of nitrogens with zero attached hydrogens (tertiary/aromatic N) is 8. The Kier molecular flexibility index (Phi) is 7.54. The average molecular weight is 717 g/mol. The van der Waals surface area contributed by atoms with Gasteiger partial charge in [-0.2, -0.15) is 0 Å². The Morgan fingerprint density at radius 1 is 1.11 bits per heavy atom. The van der Waals surface area contributed by atoms with Gasteiger partial charge in [0.15, 0.2) is 30.1 Å². The largest absolute Gasteiger partial charge is 0.386 e. The lowest BCUT2D eigenvalue weighted by molar-refractivity contribution is -0.0429. The highest BCUT2D eigenvalue weighted by atomic mass is 32.7. The number of aliphatic hydroxyl groups is 1. The molecule has 4 aromatic rings. The van der Waals surface area contributed by atoms with E-state index in [0.29, 0.717) is 29.4 Å². The molecule has 3 fully saturated rings. The summed E-state index contributed by atoms with van der Waals surface area (Å²) in [5, 5.41) is 13.3. The number of hydrogen-bond acceptors (Lipinski definition) is 15. The first-order chi connectivity index (χ1) is 22.0. The molecule has 0 amide bonds. The Morgan fingerprint density at radius 3 is 2.76 bits per heavy atom. The minimum absolute atomic E-state index is 0.0538. The number of alkyl halides is 1. The minimum Gasteiger partial charge on any atom is -0.382 e. The molecule has 1 aliphatic carbocycles. The molecule has 3 unspecified atom stereocenters. The Hall–Kier alpha value is -2.55. The van der Waals surface area contributed by atoms with Crippen LogP contribution in [-0.4, -0.2) is 86.8 Å². The van der Waals surface area contributed by atoms with Crippen molar-refractivity contribution in [3.63, 3.8) is 0 Å². The van der Waals surface area contributed by atoms with Gasteiger partial charge < -0.3 is 39.4 Å². The number of halogens is 1. The molecule has 0 bridgehead atoms. The highest BCUT2D eigenvalue weighted by molar-refractivity contribution is 8.44. The van der Waals surface area contributed by atoms with E-state index in [9.17, 15) is 14.6 Å². The van der Waals surface area contributed by atoms with Gasteiger partial charge in [0.2, 0.25) is 5.95 Å². The number of nitrogens with one attached hydrogen (secondary N) is 1. The van der Waals surface area contributed by atoms with E-state index >= 15 is 4.39 Å². The van der Waals surface area contributed by atoms with Gasteiger partial charge in [-0.25, -0.2) is 33.9 Å². The van der Waals surface area contributed by atoms with Crippen LogP contribution in [0.15, 0.2) is 31.4 Å². The molecule has 0 aromatic carbocycles. The van der Waals surface area contributed by atoms with Crippen molar-refractivity contribution in [3.05, 3.63) is 37.1 Å². The number of aliphatic hydroxyl groups excluding tert-OH is 1. The molecular formula is C23H27FN10O8P2S2. The van der Waals surface area contributed by atoms with Crippen LogP contribution in [0, 0.1) is 11.8 Å². The second-order valence-electron chi connectivity index (χ2n) is 11.2. The van der Waals surface area contributed by atoms with Gasteiger partial charge in [-0.15, -0.1) is 0 Å². The highest BCUT2D eigenvalue weighted by Crippen LogP contribution is 2.58. The number of aromatic nitrogens is 8. The van der Waals surface area contributed by atoms with Crippen LogP contribution < -0.4 is 11.1 Å². The molecule has 0 radical (unpaired) electrons. The molecule has 246 valence electrons. The maximum absolute atomic E-state index is 16.3. The first-order valence-corrected chi connectivity index (χ1v) is 19.3. The predicted octanol–water partition coefficient (Wildman–Crippen LogP) is 2.02. The summed E-state index contributed by atoms with van der Waals surface area (Å²) in [7, 11) is 0. The summed E-state index contributed by atoms with van der Waals surface area (Å²) in [6.45, 7) is -8.67. The van der Waals surface area contributed by atoms with Gasteiger partial charge >= 0.3 is 13.5 Å². The van der Waals surface area contributed by atoms with Gasteiger partial charge in [0.25, 0.3) is 0 Å². The molecule has 4 aliphatic rings. The molecule has 7 heterocycles. The molecule has 0 spiro atoms. The Labute approximate surface area is 269 Å². The third-order valence-corrected chi connectivity index (χ3v) is 11.9. The van der Waals surface area contributed by atoms with Crippen LogP contribution in [0.4, 0.5) is 16.2 Å². The maximum atomic E-state index is 16.3. The van der Waals surface area contributed by atoms with Crippen LogP contribution in [-0.2, 0) is 39.2 Å². The highest BCUT2D eigenvalue weighted by Gasteiger charge is 2.52. The molecule has 18 nitrogen and oxygen atoms in total. The van der Waals surface area contributed by atoms with E-state index in [2.05, 4.69) is 42.5 Å². The second-order valence-corrected chi connectivity index (χ2v) is 17.0. The van der Waals surface area contributed by atoms with E-state index in [1.807, 2.05) is 4.57 Å². The number of imidazole rings is 3. The lowest BCUT2D eigenvalue weighted by Crippen LogP contribution is -2.43. The molecule has 1 saturated carbocycles. The summed E-state index contributed by atoms with van der Waals surface area (Å²) in [4.78, 5) is 32.1. The van der Waals surface area contributed by atoms with Gasteiger partial charge in [0, 0.05) is 24.4 Å². The number of nitrogen functional groups attached to an aromatic ring is 1. The van der Waals surface area contributed by atoms with Gasteiger partial charge in [-0.3, -0.25) is 18.2 Å². The summed E-state index contributed by atoms with van der Waals surface area (Å²) >= 11 is 9.47. The first-order valence-electron chi connectivity index (χ1n) is 14.0. The van der Waals surface area contributed by atoms with Crippen LogP contribution in [0.25, 0.3) is 17.0 Å². The van der Waals surface area contributed by atoms with Gasteiger partial charge in [0.05, 0.1) is 32.5 Å². The number of thiol groups is 1. The third-order valence-electron chi connectivity index (χ3n) is 8.66. The van der Waals surface area contributed by atoms with E-state index in [1.165, 1.54) is 23.4 Å². The van der Waals surface area contributed by atoms with Crippen LogP contribution in [0.1, 0.15) is 30.6 Å². The maximum Gasteiger partial charge on any atom is 0.386 e. The van der Waals surface area contributed by atoms with Crippen molar-refractivity contribution in [1.29, 1.82) is 0 Å². The lowest BCUT2D eigenvalue weighted by Gasteiger charge is -2.45. The fourth-order valence-electron chi connectivity index (χ4n) is 6.35. The van der Waals surface area contributed by atoms with Crippen LogP contribution in [0.3, 0.4) is 0 Å². The van der Waals surface area contributed by atoms with Gasteiger partial charge in [-0.1, -0.05) is 12.2 Å². The molecule has 3 aliphatic heterocycles. The van der Waals surface area contributed by atoms with E-state index in [0.717, 1.165) is 0 Å². The van der Waals surface area contributed by atoms with Crippen molar-refractivity contribution in [2.45, 2.75) is 43.3 Å². The van der Waals surface area contributed by atoms with Crippen molar-refractivity contribution in [2.75, 3.05) is 30.9 Å². The Morgan fingerprint density at radius 2 is 1.91 bits per heavy atom. The minimum atomic E-state index is -4.04. The quantitative estimate of drug-likeness (QED) is 0.148. The number of fused-ring (bicyclic) bond motifs is 6. The zero-order chi connectivity index (χ0) is 32.0. The molecular weight excluding hydrogens is 689 g/mol. The zero-order valence-electron chi connectivity index (χ0n) is 23.5. The lowest BCUT2D eigenvalue weighted by atomic mass is 9.70. The molecule has 23 heteroatoms. The predicted molar refractivity (Wildman–Crippen MR) is 163 cm³/mol. The Balaban J connectivity index is 1.05. The molecule has 10 atom stereocenters. The second kappa shape index (κ2) is 11.3. The summed E-state index contributed by atoms with van der Waals surface area (Å²) < 4.78 is 63.2. The van der Waals surface area contributed by atoms with Crippen LogP contribution >= 0.6 is 25.8 Å². The van der Waals surface area contributed by atoms with E-state index in [4.69, 9.17) is 40.4 Å². The summed E-state index contributed by atoms with van der Waals surface area (Å²) in [5.41, 5.74) is 7.11. The van der Waals surface area contributed by atoms with E-state index in [-0.39, 0.29) is 42.6 Å². The number of rotatable bonds is 2. The Bertz CT molecular complexity index is 1910. The van der Waals surface area contributed by atoms with E-state index < -0.39 is 51.0 Å². The summed E-state index contributed by atoms with van der Waals surface area (Å²) in [6, 6.07) is -0.214. The fourth-order valence-corrected chi connectivity index (χ4v) is 9.01. The van der Waals surface area contributed by atoms with Crippen molar-refractivity contribution in [1.82, 2.24) is 38.6 Å². The zero-order valence-corrected chi connectivity index (χ0v) is 27.0. The van der Waals surface area contributed by atoms with Crippen molar-refractivity contribution in [2.24, 2.45) is 11.8 Å². The van der Waals surface area contributed by atoms with Crippen LogP contribution in [0.2, 0.25) is 0 Å². The van der Waals surface area contributed by atoms with Gasteiger partial charge in [-0.05, 0) is 24.1 Å². The first kappa shape index (κ1) is 30.8. The molecule has 8 rings (SSSR count). The molecule has 5 N–H and O–H groups in total. The van der Waals surface area contributed by atoms with Crippen molar-refractivity contribution >= 4 is 60.5 Å². The molecule has 2 saturated heterocycles.